The van der Waals surface area contributed by atoms with Crippen LogP contribution < -0.4 is 15.5 Å². The fourth-order valence-electron chi connectivity index (χ4n) is 1.46. The SMILES string of the molecule is CNC(=S)NOCc1ccc(Oc2cccc(Cl)n2)cc1. The number of hydroxylamine groups is 1. The lowest BCUT2D eigenvalue weighted by atomic mass is 10.2. The molecule has 1 aromatic carbocycles. The highest BCUT2D eigenvalue weighted by atomic mass is 35.5. The van der Waals surface area contributed by atoms with E-state index in [0.717, 1.165) is 5.56 Å². The van der Waals surface area contributed by atoms with Crippen molar-refractivity contribution in [1.82, 2.24) is 15.8 Å². The molecule has 21 heavy (non-hydrogen) atoms. The third-order valence-electron chi connectivity index (χ3n) is 2.47. The number of nitrogens with one attached hydrogen (secondary N) is 2. The van der Waals surface area contributed by atoms with Crippen LogP contribution in [0.3, 0.4) is 0 Å². The predicted octanol–water partition coefficient (Wildman–Crippen LogP) is 3.05. The predicted molar refractivity (Wildman–Crippen MR) is 85.3 cm³/mol. The van der Waals surface area contributed by atoms with Gasteiger partial charge in [-0.3, -0.25) is 4.84 Å². The molecule has 2 N–H and O–H groups in total. The molecule has 5 nitrogen and oxygen atoms in total. The minimum Gasteiger partial charge on any atom is -0.439 e. The van der Waals surface area contributed by atoms with Crippen molar-refractivity contribution in [3.8, 4) is 11.6 Å². The number of rotatable bonds is 5. The van der Waals surface area contributed by atoms with Gasteiger partial charge in [0, 0.05) is 13.1 Å². The highest BCUT2D eigenvalue weighted by molar-refractivity contribution is 7.80. The van der Waals surface area contributed by atoms with E-state index >= 15 is 0 Å². The Morgan fingerprint density at radius 2 is 2.00 bits per heavy atom. The number of nitrogens with zero attached hydrogens (tertiary/aromatic N) is 1. The van der Waals surface area contributed by atoms with Crippen molar-refractivity contribution >= 4 is 28.9 Å². The molecule has 1 heterocycles. The molecule has 0 unspecified atom stereocenters. The van der Waals surface area contributed by atoms with Crippen molar-refractivity contribution in [3.63, 3.8) is 0 Å². The average Bonchev–Trinajstić information content (AvgIpc) is 2.49. The standard InChI is InChI=1S/C14H14ClN3O2S/c1-16-14(21)18-19-9-10-5-7-11(8-6-10)20-13-4-2-3-12(15)17-13/h2-8H,9H2,1H3,(H2,16,18,21). The smallest absolute Gasteiger partial charge is 0.220 e. The van der Waals surface area contributed by atoms with Gasteiger partial charge in [-0.05, 0) is 36.0 Å². The molecule has 7 heteroatoms. The Bertz CT molecular complexity index is 607. The minimum absolute atomic E-state index is 0.386. The molecule has 2 rings (SSSR count). The second-order valence-electron chi connectivity index (χ2n) is 4.01. The van der Waals surface area contributed by atoms with Gasteiger partial charge in [0.15, 0.2) is 5.11 Å². The maximum absolute atomic E-state index is 5.80. The average molecular weight is 324 g/mol. The van der Waals surface area contributed by atoms with Crippen molar-refractivity contribution in [2.45, 2.75) is 6.61 Å². The molecule has 0 aliphatic rings. The number of benzene rings is 1. The van der Waals surface area contributed by atoms with Gasteiger partial charge in [0.05, 0.1) is 6.61 Å². The van der Waals surface area contributed by atoms with Crippen molar-refractivity contribution < 1.29 is 9.57 Å². The fraction of sp³-hybridized carbons (Fsp3) is 0.143. The van der Waals surface area contributed by atoms with Crippen LogP contribution in [0.2, 0.25) is 5.15 Å². The third-order valence-corrected chi connectivity index (χ3v) is 2.96. The minimum atomic E-state index is 0.386. The van der Waals surface area contributed by atoms with Crippen LogP contribution in [0.4, 0.5) is 0 Å². The van der Waals surface area contributed by atoms with Gasteiger partial charge in [0.25, 0.3) is 0 Å². The first-order valence-corrected chi connectivity index (χ1v) is 6.95. The van der Waals surface area contributed by atoms with E-state index in [1.807, 2.05) is 24.3 Å². The summed E-state index contributed by atoms with van der Waals surface area (Å²) in [6, 6.07) is 12.7. The van der Waals surface area contributed by atoms with Gasteiger partial charge in [-0.2, -0.15) is 0 Å². The summed E-state index contributed by atoms with van der Waals surface area (Å²) in [4.78, 5) is 9.28. The van der Waals surface area contributed by atoms with Crippen LogP contribution >= 0.6 is 23.8 Å². The van der Waals surface area contributed by atoms with E-state index in [1.54, 1.807) is 25.2 Å². The summed E-state index contributed by atoms with van der Waals surface area (Å²) in [6.45, 7) is 0.386. The second kappa shape index (κ2) is 7.78. The first kappa shape index (κ1) is 15.5. The van der Waals surface area contributed by atoms with Crippen LogP contribution in [0.1, 0.15) is 5.56 Å². The second-order valence-corrected chi connectivity index (χ2v) is 4.81. The van der Waals surface area contributed by atoms with E-state index in [-0.39, 0.29) is 0 Å². The maximum atomic E-state index is 5.80. The summed E-state index contributed by atoms with van der Waals surface area (Å²) < 4.78 is 5.59. The zero-order valence-corrected chi connectivity index (χ0v) is 12.9. The van der Waals surface area contributed by atoms with E-state index in [0.29, 0.717) is 28.5 Å². The Morgan fingerprint density at radius 3 is 2.67 bits per heavy atom. The molecule has 110 valence electrons. The van der Waals surface area contributed by atoms with E-state index in [2.05, 4.69) is 15.8 Å². The number of pyridine rings is 1. The number of hydrogen-bond acceptors (Lipinski definition) is 4. The monoisotopic (exact) mass is 323 g/mol. The van der Waals surface area contributed by atoms with Crippen molar-refractivity contribution in [3.05, 3.63) is 53.2 Å². The zero-order chi connectivity index (χ0) is 15.1. The lowest BCUT2D eigenvalue weighted by Gasteiger charge is -2.08. The van der Waals surface area contributed by atoms with Gasteiger partial charge in [-0.25, -0.2) is 10.5 Å². The number of ether oxygens (including phenoxy) is 1. The van der Waals surface area contributed by atoms with Crippen LogP contribution in [0.5, 0.6) is 11.6 Å². The van der Waals surface area contributed by atoms with Gasteiger partial charge >= 0.3 is 0 Å². The Balaban J connectivity index is 1.88. The van der Waals surface area contributed by atoms with Crippen LogP contribution in [-0.2, 0) is 11.4 Å². The van der Waals surface area contributed by atoms with Crippen LogP contribution in [-0.4, -0.2) is 17.1 Å². The molecular weight excluding hydrogens is 310 g/mol. The molecule has 0 spiro atoms. The van der Waals surface area contributed by atoms with Gasteiger partial charge in [-0.15, -0.1) is 0 Å². The maximum Gasteiger partial charge on any atom is 0.220 e. The van der Waals surface area contributed by atoms with Crippen LogP contribution in [0.15, 0.2) is 42.5 Å². The molecule has 2 aromatic rings. The molecule has 0 bridgehead atoms. The summed E-state index contributed by atoms with van der Waals surface area (Å²) in [7, 11) is 1.72. The molecular formula is C14H14ClN3O2S. The molecule has 0 radical (unpaired) electrons. The molecule has 0 amide bonds. The first-order chi connectivity index (χ1) is 10.2. The van der Waals surface area contributed by atoms with Gasteiger partial charge in [-0.1, -0.05) is 29.8 Å². The lowest BCUT2D eigenvalue weighted by molar-refractivity contribution is 0.0709. The molecule has 0 atom stereocenters. The molecule has 0 aliphatic heterocycles. The summed E-state index contributed by atoms with van der Waals surface area (Å²) >= 11 is 10.7. The Kier molecular flexibility index (Phi) is 5.74. The summed E-state index contributed by atoms with van der Waals surface area (Å²) in [5, 5.41) is 3.57. The van der Waals surface area contributed by atoms with E-state index in [1.165, 1.54) is 0 Å². The Morgan fingerprint density at radius 1 is 1.24 bits per heavy atom. The fourth-order valence-corrected chi connectivity index (χ4v) is 1.67. The lowest BCUT2D eigenvalue weighted by Crippen LogP contribution is -2.32. The normalized spacial score (nSPS) is 10.0. The largest absolute Gasteiger partial charge is 0.439 e. The number of thiocarbonyl (C=S) groups is 1. The molecule has 0 aliphatic carbocycles. The zero-order valence-electron chi connectivity index (χ0n) is 11.3. The third kappa shape index (κ3) is 5.18. The molecule has 0 saturated heterocycles. The highest BCUT2D eigenvalue weighted by Gasteiger charge is 2.01. The molecule has 1 aromatic heterocycles. The van der Waals surface area contributed by atoms with Crippen LogP contribution in [0.25, 0.3) is 0 Å². The van der Waals surface area contributed by atoms with Crippen molar-refractivity contribution in [1.29, 1.82) is 0 Å². The van der Waals surface area contributed by atoms with Crippen molar-refractivity contribution in [2.24, 2.45) is 0 Å². The van der Waals surface area contributed by atoms with E-state index in [9.17, 15) is 0 Å². The van der Waals surface area contributed by atoms with E-state index < -0.39 is 0 Å². The number of halogens is 1. The van der Waals surface area contributed by atoms with Gasteiger partial charge < -0.3 is 10.1 Å². The summed E-state index contributed by atoms with van der Waals surface area (Å²) in [6.07, 6.45) is 0. The van der Waals surface area contributed by atoms with Crippen LogP contribution in [0, 0.1) is 0 Å². The quantitative estimate of drug-likeness (QED) is 0.501. The molecule has 0 fully saturated rings. The van der Waals surface area contributed by atoms with E-state index in [4.69, 9.17) is 33.4 Å². The number of aromatic nitrogens is 1. The van der Waals surface area contributed by atoms with Gasteiger partial charge in [0.1, 0.15) is 10.9 Å². The molecule has 0 saturated carbocycles. The summed E-state index contributed by atoms with van der Waals surface area (Å²) in [5.41, 5.74) is 3.59. The first-order valence-electron chi connectivity index (χ1n) is 6.16. The highest BCUT2D eigenvalue weighted by Crippen LogP contribution is 2.21. The van der Waals surface area contributed by atoms with Gasteiger partial charge in [0.2, 0.25) is 5.88 Å². The van der Waals surface area contributed by atoms with Crippen molar-refractivity contribution in [2.75, 3.05) is 7.05 Å². The summed E-state index contributed by atoms with van der Waals surface area (Å²) in [5.74, 6) is 1.12. The Labute approximate surface area is 133 Å². The Hall–Kier alpha value is -1.89. The number of hydrogen-bond donors (Lipinski definition) is 2. The topological polar surface area (TPSA) is 55.4 Å².